The third-order valence-electron chi connectivity index (χ3n) is 6.34. The van der Waals surface area contributed by atoms with Gasteiger partial charge in [0, 0.05) is 24.2 Å². The Balaban J connectivity index is 1.44. The van der Waals surface area contributed by atoms with Gasteiger partial charge in [-0.15, -0.1) is 0 Å². The van der Waals surface area contributed by atoms with Crippen molar-refractivity contribution in [2.45, 2.75) is 6.92 Å². The lowest BCUT2D eigenvalue weighted by atomic mass is 10.1. The zero-order valence-corrected chi connectivity index (χ0v) is 19.3. The molecule has 0 radical (unpaired) electrons. The Morgan fingerprint density at radius 1 is 0.971 bits per heavy atom. The maximum Gasteiger partial charge on any atom is 0.282 e. The minimum atomic E-state index is -0.245. The van der Waals surface area contributed by atoms with E-state index in [4.69, 9.17) is 14.1 Å². The molecule has 0 N–H and O–H groups in total. The average molecular weight is 465 g/mol. The van der Waals surface area contributed by atoms with Crippen molar-refractivity contribution in [3.8, 4) is 11.6 Å². The summed E-state index contributed by atoms with van der Waals surface area (Å²) in [7, 11) is 0. The number of anilines is 1. The van der Waals surface area contributed by atoms with E-state index in [1.165, 1.54) is 4.68 Å². The van der Waals surface area contributed by atoms with Crippen LogP contribution in [0.1, 0.15) is 11.1 Å². The molecule has 7 heteroatoms. The number of aromatic nitrogens is 2. The van der Waals surface area contributed by atoms with Crippen molar-refractivity contribution >= 4 is 33.8 Å². The maximum absolute atomic E-state index is 13.5. The second-order valence-electron chi connectivity index (χ2n) is 8.60. The molecule has 1 aliphatic rings. The Labute approximate surface area is 201 Å². The number of aryl methyl sites for hydroxylation is 1. The van der Waals surface area contributed by atoms with Crippen molar-refractivity contribution in [2.75, 3.05) is 31.2 Å². The van der Waals surface area contributed by atoms with Gasteiger partial charge in [0.05, 0.1) is 30.3 Å². The van der Waals surface area contributed by atoms with E-state index in [1.807, 2.05) is 61.5 Å². The van der Waals surface area contributed by atoms with Gasteiger partial charge in [0.1, 0.15) is 5.58 Å². The first-order chi connectivity index (χ1) is 17.2. The Morgan fingerprint density at radius 2 is 1.77 bits per heavy atom. The first-order valence-corrected chi connectivity index (χ1v) is 11.7. The van der Waals surface area contributed by atoms with Crippen LogP contribution in [0, 0.1) is 6.92 Å². The Hall–Kier alpha value is -4.23. The number of morpholine rings is 1. The van der Waals surface area contributed by atoms with Crippen molar-refractivity contribution in [3.05, 3.63) is 94.3 Å². The van der Waals surface area contributed by atoms with Crippen LogP contribution in [0.3, 0.4) is 0 Å². The predicted molar refractivity (Wildman–Crippen MR) is 138 cm³/mol. The van der Waals surface area contributed by atoms with Gasteiger partial charge in [0.15, 0.2) is 5.76 Å². The molecule has 2 aromatic heterocycles. The third kappa shape index (κ3) is 4.00. The number of ether oxygens (including phenoxy) is 1. The summed E-state index contributed by atoms with van der Waals surface area (Å²) < 4.78 is 12.8. The predicted octanol–water partition coefficient (Wildman–Crippen LogP) is 4.84. The summed E-state index contributed by atoms with van der Waals surface area (Å²) in [6.07, 6.45) is 1.71. The molecule has 7 nitrogen and oxygen atoms in total. The number of nitrogens with zero attached hydrogens (tertiary/aromatic N) is 4. The summed E-state index contributed by atoms with van der Waals surface area (Å²) in [6.45, 7) is 5.29. The Bertz CT molecular complexity index is 1590. The summed E-state index contributed by atoms with van der Waals surface area (Å²) in [4.78, 5) is 20.5. The molecule has 35 heavy (non-hydrogen) atoms. The van der Waals surface area contributed by atoms with E-state index in [-0.39, 0.29) is 5.56 Å². The smallest absolute Gasteiger partial charge is 0.282 e. The van der Waals surface area contributed by atoms with Crippen LogP contribution in [-0.2, 0) is 4.74 Å². The van der Waals surface area contributed by atoms with Crippen molar-refractivity contribution in [1.29, 1.82) is 0 Å². The number of hydrogen-bond donors (Lipinski definition) is 0. The molecule has 3 heterocycles. The first-order valence-electron chi connectivity index (χ1n) is 11.7. The fraction of sp³-hybridized carbons (Fsp3) is 0.179. The lowest BCUT2D eigenvalue weighted by Gasteiger charge is -2.29. The lowest BCUT2D eigenvalue weighted by molar-refractivity contribution is 0.122. The van der Waals surface area contributed by atoms with E-state index in [1.54, 1.807) is 12.3 Å². The van der Waals surface area contributed by atoms with Crippen LogP contribution in [0.5, 0.6) is 0 Å². The van der Waals surface area contributed by atoms with Crippen LogP contribution in [0.4, 0.5) is 5.69 Å². The van der Waals surface area contributed by atoms with Crippen LogP contribution in [0.2, 0.25) is 0 Å². The number of benzene rings is 3. The molecule has 0 unspecified atom stereocenters. The highest BCUT2D eigenvalue weighted by Crippen LogP contribution is 2.27. The van der Waals surface area contributed by atoms with Gasteiger partial charge in [-0.25, -0.2) is 4.98 Å². The quantitative estimate of drug-likeness (QED) is 0.356. The average Bonchev–Trinajstić information content (AvgIpc) is 3.33. The van der Waals surface area contributed by atoms with E-state index in [9.17, 15) is 4.79 Å². The molecule has 3 aromatic carbocycles. The largest absolute Gasteiger partial charge is 0.453 e. The van der Waals surface area contributed by atoms with Gasteiger partial charge in [-0.05, 0) is 54.4 Å². The monoisotopic (exact) mass is 464 g/mol. The van der Waals surface area contributed by atoms with E-state index >= 15 is 0 Å². The second kappa shape index (κ2) is 8.85. The number of fused-ring (bicyclic) bond motifs is 2. The van der Waals surface area contributed by atoms with Crippen LogP contribution < -0.4 is 10.5 Å². The fourth-order valence-electron chi connectivity index (χ4n) is 4.43. The molecule has 0 aliphatic carbocycles. The number of para-hydroxylation sites is 2. The molecule has 1 aliphatic heterocycles. The molecule has 0 atom stereocenters. The third-order valence-corrected chi connectivity index (χ3v) is 6.34. The Kier molecular flexibility index (Phi) is 5.39. The summed E-state index contributed by atoms with van der Waals surface area (Å²) in [6, 6.07) is 23.2. The van der Waals surface area contributed by atoms with Gasteiger partial charge < -0.3 is 14.1 Å². The number of furan rings is 1. The van der Waals surface area contributed by atoms with Gasteiger partial charge in [-0.1, -0.05) is 36.4 Å². The van der Waals surface area contributed by atoms with Crippen molar-refractivity contribution in [3.63, 3.8) is 0 Å². The molecule has 6 rings (SSSR count). The fourth-order valence-corrected chi connectivity index (χ4v) is 4.43. The van der Waals surface area contributed by atoms with Crippen LogP contribution in [0.15, 0.2) is 87.1 Å². The molecule has 1 fully saturated rings. The van der Waals surface area contributed by atoms with Gasteiger partial charge >= 0.3 is 0 Å². The molecule has 0 amide bonds. The standard InChI is InChI=1S/C28H24N4O3/c1-19-16-22(31-12-14-34-15-13-31)11-10-21(19)18-29-32-27(26-17-20-6-2-5-9-25(20)35-26)30-24-8-4-3-7-23(24)28(32)33/h2-11,16-18H,12-15H2,1H3. The highest BCUT2D eigenvalue weighted by Gasteiger charge is 2.17. The van der Waals surface area contributed by atoms with Gasteiger partial charge in [0.25, 0.3) is 5.56 Å². The molecular formula is C28H24N4O3. The molecular weight excluding hydrogens is 440 g/mol. The van der Waals surface area contributed by atoms with E-state index in [0.29, 0.717) is 22.5 Å². The molecule has 174 valence electrons. The SMILES string of the molecule is Cc1cc(N2CCOCC2)ccc1C=Nn1c(-c2cc3ccccc3o2)nc2ccccc2c1=O. The number of rotatable bonds is 4. The molecule has 5 aromatic rings. The first kappa shape index (κ1) is 21.3. The van der Waals surface area contributed by atoms with E-state index in [2.05, 4.69) is 22.1 Å². The topological polar surface area (TPSA) is 72.9 Å². The van der Waals surface area contributed by atoms with E-state index in [0.717, 1.165) is 54.1 Å². The van der Waals surface area contributed by atoms with Gasteiger partial charge in [-0.3, -0.25) is 4.79 Å². The minimum Gasteiger partial charge on any atom is -0.453 e. The minimum absolute atomic E-state index is 0.245. The molecule has 0 spiro atoms. The number of hydrogen-bond acceptors (Lipinski definition) is 6. The lowest BCUT2D eigenvalue weighted by Crippen LogP contribution is -2.36. The molecule has 0 bridgehead atoms. The van der Waals surface area contributed by atoms with Gasteiger partial charge in [-0.2, -0.15) is 9.78 Å². The van der Waals surface area contributed by atoms with Crippen LogP contribution >= 0.6 is 0 Å². The van der Waals surface area contributed by atoms with Gasteiger partial charge in [0.2, 0.25) is 5.82 Å². The zero-order chi connectivity index (χ0) is 23.8. The van der Waals surface area contributed by atoms with Crippen molar-refractivity contribution < 1.29 is 9.15 Å². The molecule has 1 saturated heterocycles. The normalized spacial score (nSPS) is 14.4. The zero-order valence-electron chi connectivity index (χ0n) is 19.3. The summed E-state index contributed by atoms with van der Waals surface area (Å²) in [5.74, 6) is 0.856. The van der Waals surface area contributed by atoms with Crippen molar-refractivity contribution in [2.24, 2.45) is 5.10 Å². The van der Waals surface area contributed by atoms with Crippen molar-refractivity contribution in [1.82, 2.24) is 9.66 Å². The van der Waals surface area contributed by atoms with E-state index < -0.39 is 0 Å². The van der Waals surface area contributed by atoms with Crippen LogP contribution in [-0.4, -0.2) is 42.2 Å². The highest BCUT2D eigenvalue weighted by molar-refractivity contribution is 5.85. The second-order valence-corrected chi connectivity index (χ2v) is 8.60. The van der Waals surface area contributed by atoms with Crippen LogP contribution in [0.25, 0.3) is 33.5 Å². The highest BCUT2D eigenvalue weighted by atomic mass is 16.5. The molecule has 0 saturated carbocycles. The maximum atomic E-state index is 13.5. The Morgan fingerprint density at radius 3 is 2.60 bits per heavy atom. The summed E-state index contributed by atoms with van der Waals surface area (Å²) >= 11 is 0. The summed E-state index contributed by atoms with van der Waals surface area (Å²) in [5, 5.41) is 6.04. The summed E-state index contributed by atoms with van der Waals surface area (Å²) in [5.41, 5.74) is 4.25.